The van der Waals surface area contributed by atoms with Crippen LogP contribution in [0, 0.1) is 0 Å². The van der Waals surface area contributed by atoms with Gasteiger partial charge in [0.15, 0.2) is 5.13 Å². The first-order chi connectivity index (χ1) is 11.0. The predicted molar refractivity (Wildman–Crippen MR) is 102 cm³/mol. The average molecular weight is 372 g/mol. The van der Waals surface area contributed by atoms with Crippen LogP contribution in [-0.4, -0.2) is 16.6 Å². The minimum atomic E-state index is -0.137. The number of anilines is 2. The van der Waals surface area contributed by atoms with Gasteiger partial charge in [0.25, 0.3) is 0 Å². The molecule has 124 valence electrons. The zero-order valence-electron chi connectivity index (χ0n) is 12.7. The molecule has 0 bridgehead atoms. The number of carbonyl (C=O) groups is 1. The molecule has 0 atom stereocenters. The van der Waals surface area contributed by atoms with Crippen molar-refractivity contribution in [3.05, 3.63) is 65.0 Å². The summed E-state index contributed by atoms with van der Waals surface area (Å²) >= 11 is 11.2. The molecule has 0 amide bonds. The second-order valence-corrected chi connectivity index (χ2v) is 5.46. The van der Waals surface area contributed by atoms with Gasteiger partial charge in [0.1, 0.15) is 10.7 Å². The first-order valence-electron chi connectivity index (χ1n) is 6.51. The molecule has 23 heavy (non-hydrogen) atoms. The summed E-state index contributed by atoms with van der Waals surface area (Å²) in [6.07, 6.45) is 3.41. The molecule has 0 radical (unpaired) electrons. The topological polar surface area (TPSA) is 82.0 Å². The molecule has 2 rings (SSSR count). The molecule has 1 heterocycles. The first kappa shape index (κ1) is 21.2. The van der Waals surface area contributed by atoms with Crippen LogP contribution < -0.4 is 11.5 Å². The normalized spacial score (nSPS) is 9.35. The molecular formula is C16H19Cl2N3OS. The van der Waals surface area contributed by atoms with E-state index in [-0.39, 0.29) is 11.6 Å². The van der Waals surface area contributed by atoms with E-state index in [2.05, 4.69) is 11.6 Å². The molecule has 0 fully saturated rings. The minimum absolute atomic E-state index is 0.137. The fraction of sp³-hybridized carbons (Fsp3) is 0.125. The van der Waals surface area contributed by atoms with Crippen LogP contribution in [0.5, 0.6) is 0 Å². The van der Waals surface area contributed by atoms with Gasteiger partial charge in [-0.25, -0.2) is 4.98 Å². The van der Waals surface area contributed by atoms with Gasteiger partial charge in [0.2, 0.25) is 5.78 Å². The number of halogens is 2. The maximum Gasteiger partial charge on any atom is 0.206 e. The lowest BCUT2D eigenvalue weighted by molar-refractivity contribution is 0.104. The lowest BCUT2D eigenvalue weighted by Gasteiger charge is -1.97. The second kappa shape index (κ2) is 12.7. The van der Waals surface area contributed by atoms with Gasteiger partial charge in [0.05, 0.1) is 0 Å². The Bertz CT molecular complexity index is 624. The Labute approximate surface area is 150 Å². The number of alkyl halides is 1. The van der Waals surface area contributed by atoms with Crippen molar-refractivity contribution in [1.29, 1.82) is 0 Å². The number of thiazole rings is 1. The molecule has 2 aromatic rings. The van der Waals surface area contributed by atoms with Crippen LogP contribution in [0.25, 0.3) is 0 Å². The van der Waals surface area contributed by atoms with Crippen LogP contribution in [0.3, 0.4) is 0 Å². The highest BCUT2D eigenvalue weighted by molar-refractivity contribution is 7.18. The Kier molecular flexibility index (Phi) is 11.7. The van der Waals surface area contributed by atoms with Crippen molar-refractivity contribution in [3.8, 4) is 0 Å². The standard InChI is InChI=1S/C10H9N3OS.2C3H5Cl/c11-9-8(15-10(12)13-9)7(14)6-4-2-1-3-5-6;2*1-2-3-4/h1-5H,11H2,(H2,12,13);2-3H,1H3;2H,1,3H2/b;3-2+;. The van der Waals surface area contributed by atoms with Crippen LogP contribution in [0.1, 0.15) is 22.2 Å². The van der Waals surface area contributed by atoms with Gasteiger partial charge < -0.3 is 11.5 Å². The van der Waals surface area contributed by atoms with Gasteiger partial charge in [-0.2, -0.15) is 0 Å². The van der Waals surface area contributed by atoms with E-state index in [0.717, 1.165) is 11.3 Å². The van der Waals surface area contributed by atoms with E-state index in [0.29, 0.717) is 21.5 Å². The Morgan fingerprint density at radius 1 is 1.35 bits per heavy atom. The first-order valence-corrected chi connectivity index (χ1v) is 8.30. The summed E-state index contributed by atoms with van der Waals surface area (Å²) in [5.74, 6) is 0.619. The second-order valence-electron chi connectivity index (χ2n) is 3.86. The van der Waals surface area contributed by atoms with Crippen molar-refractivity contribution in [1.82, 2.24) is 4.98 Å². The summed E-state index contributed by atoms with van der Waals surface area (Å²) < 4.78 is 0. The minimum Gasteiger partial charge on any atom is -0.382 e. The Morgan fingerprint density at radius 2 is 1.87 bits per heavy atom. The third-order valence-corrected chi connectivity index (χ3v) is 3.52. The number of aromatic nitrogens is 1. The number of ketones is 1. The Hall–Kier alpha value is -1.82. The third-order valence-electron chi connectivity index (χ3n) is 2.15. The highest BCUT2D eigenvalue weighted by Gasteiger charge is 2.16. The Morgan fingerprint density at radius 3 is 2.22 bits per heavy atom. The highest BCUT2D eigenvalue weighted by Crippen LogP contribution is 2.24. The van der Waals surface area contributed by atoms with E-state index in [1.165, 1.54) is 5.54 Å². The summed E-state index contributed by atoms with van der Waals surface area (Å²) in [7, 11) is 0. The summed E-state index contributed by atoms with van der Waals surface area (Å²) in [5.41, 5.74) is 13.1. The van der Waals surface area contributed by atoms with Crippen molar-refractivity contribution in [2.45, 2.75) is 6.92 Å². The number of allylic oxidation sites excluding steroid dienone is 2. The van der Waals surface area contributed by atoms with Crippen LogP contribution in [0.4, 0.5) is 10.9 Å². The number of benzene rings is 1. The molecule has 0 aliphatic rings. The van der Waals surface area contributed by atoms with Gasteiger partial charge in [0, 0.05) is 11.4 Å². The van der Waals surface area contributed by atoms with Crippen molar-refractivity contribution in [2.24, 2.45) is 0 Å². The fourth-order valence-electron chi connectivity index (χ4n) is 1.23. The van der Waals surface area contributed by atoms with E-state index in [1.807, 2.05) is 13.0 Å². The van der Waals surface area contributed by atoms with Gasteiger partial charge in [-0.3, -0.25) is 4.79 Å². The number of hydrogen-bond acceptors (Lipinski definition) is 5. The zero-order chi connectivity index (χ0) is 17.7. The van der Waals surface area contributed by atoms with Crippen molar-refractivity contribution in [3.63, 3.8) is 0 Å². The Balaban J connectivity index is 0.000000509. The van der Waals surface area contributed by atoms with Gasteiger partial charge in [-0.15, -0.1) is 18.2 Å². The summed E-state index contributed by atoms with van der Waals surface area (Å²) in [5, 5.41) is 0.312. The van der Waals surface area contributed by atoms with Crippen LogP contribution in [0.2, 0.25) is 0 Å². The number of hydrogen-bond donors (Lipinski definition) is 2. The largest absolute Gasteiger partial charge is 0.382 e. The van der Waals surface area contributed by atoms with Gasteiger partial charge >= 0.3 is 0 Å². The maximum absolute atomic E-state index is 11.9. The molecule has 0 spiro atoms. The number of rotatable bonds is 3. The number of nitrogens with two attached hydrogens (primary N) is 2. The van der Waals surface area contributed by atoms with Crippen molar-refractivity contribution < 1.29 is 4.79 Å². The molecule has 1 aromatic heterocycles. The van der Waals surface area contributed by atoms with Crippen LogP contribution in [0.15, 0.2) is 54.6 Å². The number of carbonyl (C=O) groups excluding carboxylic acids is 1. The average Bonchev–Trinajstić information content (AvgIpc) is 2.93. The molecule has 1 aromatic carbocycles. The van der Waals surface area contributed by atoms with E-state index < -0.39 is 0 Å². The molecule has 4 N–H and O–H groups in total. The third kappa shape index (κ3) is 8.40. The van der Waals surface area contributed by atoms with E-state index in [4.69, 9.17) is 34.7 Å². The van der Waals surface area contributed by atoms with E-state index in [9.17, 15) is 4.79 Å². The van der Waals surface area contributed by atoms with Crippen molar-refractivity contribution >= 4 is 51.3 Å². The molecule has 0 aliphatic heterocycles. The fourth-order valence-corrected chi connectivity index (χ4v) is 1.95. The van der Waals surface area contributed by atoms with E-state index >= 15 is 0 Å². The molecule has 7 heteroatoms. The number of nitrogens with zero attached hydrogens (tertiary/aromatic N) is 1. The lowest BCUT2D eigenvalue weighted by Crippen LogP contribution is -2.02. The SMILES string of the molecule is C/C=C/Cl.C=CCCl.Nc1nc(N)c(C(=O)c2ccccc2)s1. The van der Waals surface area contributed by atoms with Gasteiger partial charge in [-0.1, -0.05) is 65.4 Å². The molecule has 4 nitrogen and oxygen atoms in total. The lowest BCUT2D eigenvalue weighted by atomic mass is 10.1. The molecular weight excluding hydrogens is 353 g/mol. The molecule has 0 unspecified atom stereocenters. The molecule has 0 aliphatic carbocycles. The summed E-state index contributed by atoms with van der Waals surface area (Å²) in [4.78, 5) is 16.1. The molecule has 0 saturated heterocycles. The van der Waals surface area contributed by atoms with Crippen LogP contribution in [-0.2, 0) is 0 Å². The smallest absolute Gasteiger partial charge is 0.206 e. The highest BCUT2D eigenvalue weighted by atomic mass is 35.5. The maximum atomic E-state index is 11.9. The van der Waals surface area contributed by atoms with Crippen LogP contribution >= 0.6 is 34.5 Å². The summed E-state index contributed by atoms with van der Waals surface area (Å²) in [6.45, 7) is 5.22. The summed E-state index contributed by atoms with van der Waals surface area (Å²) in [6, 6.07) is 8.91. The number of nitrogen functional groups attached to an aromatic ring is 2. The monoisotopic (exact) mass is 371 g/mol. The van der Waals surface area contributed by atoms with E-state index in [1.54, 1.807) is 36.4 Å². The predicted octanol–water partition coefficient (Wildman–Crippen LogP) is 4.71. The molecule has 0 saturated carbocycles. The van der Waals surface area contributed by atoms with Crippen molar-refractivity contribution in [2.75, 3.05) is 17.3 Å². The zero-order valence-corrected chi connectivity index (χ0v) is 15.0. The quantitative estimate of drug-likeness (QED) is 0.464. The van der Waals surface area contributed by atoms with Gasteiger partial charge in [-0.05, 0) is 12.5 Å².